The molecule has 0 aromatic carbocycles. The smallest absolute Gasteiger partial charge is 0.352 e. The summed E-state index contributed by atoms with van der Waals surface area (Å²) in [6.45, 7) is 1.84. The van der Waals surface area contributed by atoms with E-state index in [0.29, 0.717) is 21.8 Å². The lowest BCUT2D eigenvalue weighted by atomic mass is 10.0. The largest absolute Gasteiger partial charge is 0.477 e. The van der Waals surface area contributed by atoms with E-state index in [9.17, 15) is 24.7 Å². The maximum absolute atomic E-state index is 12.7. The van der Waals surface area contributed by atoms with Crippen molar-refractivity contribution in [3.05, 3.63) is 32.2 Å². The van der Waals surface area contributed by atoms with E-state index >= 15 is 0 Å². The van der Waals surface area contributed by atoms with Crippen molar-refractivity contribution in [3.8, 4) is 0 Å². The van der Waals surface area contributed by atoms with Crippen molar-refractivity contribution in [2.24, 2.45) is 0 Å². The van der Waals surface area contributed by atoms with Crippen LogP contribution in [0.15, 0.2) is 21.0 Å². The second-order valence-corrected chi connectivity index (χ2v) is 11.0. The number of nitrogens with zero attached hydrogens (tertiary/aromatic N) is 4. The molecule has 164 valence electrons. The zero-order valence-electron chi connectivity index (χ0n) is 15.9. The molecular formula is C16H16N6O5S4. The SMILES string of the molecule is Cc1nnc(SCC2=C(C(=O)O)N3C(=O)C(NC(=O)Cc4csc(=N)n4O)C3SC2)s1. The molecule has 1 saturated heterocycles. The molecule has 0 saturated carbocycles. The third-order valence-corrected chi connectivity index (χ3v) is 8.74. The van der Waals surface area contributed by atoms with Crippen molar-refractivity contribution in [2.45, 2.75) is 29.1 Å². The van der Waals surface area contributed by atoms with Crippen LogP contribution in [0.1, 0.15) is 10.7 Å². The summed E-state index contributed by atoms with van der Waals surface area (Å²) in [7, 11) is 0. The van der Waals surface area contributed by atoms with Crippen LogP contribution in [0.5, 0.6) is 0 Å². The highest BCUT2D eigenvalue weighted by Crippen LogP contribution is 2.41. The first-order valence-corrected chi connectivity index (χ1v) is 12.5. The van der Waals surface area contributed by atoms with Gasteiger partial charge in [-0.25, -0.2) is 4.79 Å². The normalized spacial score (nSPS) is 20.4. The summed E-state index contributed by atoms with van der Waals surface area (Å²) >= 11 is 5.16. The molecule has 2 aromatic heterocycles. The Balaban J connectivity index is 1.44. The molecule has 2 unspecified atom stereocenters. The number of nitrogens with one attached hydrogen (secondary N) is 2. The van der Waals surface area contributed by atoms with Crippen molar-refractivity contribution in [3.63, 3.8) is 0 Å². The van der Waals surface area contributed by atoms with E-state index in [-0.39, 0.29) is 22.6 Å². The van der Waals surface area contributed by atoms with E-state index in [1.807, 2.05) is 6.92 Å². The number of thiazole rings is 1. The van der Waals surface area contributed by atoms with Gasteiger partial charge >= 0.3 is 5.97 Å². The number of carboxylic acid groups (broad SMARTS) is 1. The van der Waals surface area contributed by atoms with Gasteiger partial charge in [0, 0.05) is 16.9 Å². The van der Waals surface area contributed by atoms with Gasteiger partial charge < -0.3 is 15.6 Å². The maximum atomic E-state index is 12.7. The van der Waals surface area contributed by atoms with Crippen molar-refractivity contribution >= 4 is 64.0 Å². The minimum atomic E-state index is -1.19. The van der Waals surface area contributed by atoms with Gasteiger partial charge in [0.1, 0.15) is 22.1 Å². The van der Waals surface area contributed by atoms with Gasteiger partial charge in [0.15, 0.2) is 4.34 Å². The minimum Gasteiger partial charge on any atom is -0.477 e. The van der Waals surface area contributed by atoms with E-state index in [2.05, 4.69) is 15.5 Å². The first-order chi connectivity index (χ1) is 14.8. The summed E-state index contributed by atoms with van der Waals surface area (Å²) in [5, 5.41) is 39.2. The molecule has 4 rings (SSSR count). The number of thioether (sulfide) groups is 2. The van der Waals surface area contributed by atoms with Crippen molar-refractivity contribution in [1.82, 2.24) is 25.1 Å². The van der Waals surface area contributed by atoms with Crippen LogP contribution in [0.2, 0.25) is 0 Å². The third-order valence-electron chi connectivity index (χ3n) is 4.56. The summed E-state index contributed by atoms with van der Waals surface area (Å²) in [6, 6.07) is -0.840. The highest BCUT2D eigenvalue weighted by atomic mass is 32.2. The number of aromatic nitrogens is 3. The van der Waals surface area contributed by atoms with E-state index < -0.39 is 29.2 Å². The van der Waals surface area contributed by atoms with Gasteiger partial charge in [-0.3, -0.25) is 19.9 Å². The van der Waals surface area contributed by atoms with E-state index in [1.54, 1.807) is 0 Å². The molecule has 2 amide bonds. The predicted octanol–water partition coefficient (Wildman–Crippen LogP) is 0.500. The molecule has 4 N–H and O–H groups in total. The van der Waals surface area contributed by atoms with Gasteiger partial charge in [-0.1, -0.05) is 23.1 Å². The quantitative estimate of drug-likeness (QED) is 0.241. The Hall–Kier alpha value is -2.36. The number of rotatable bonds is 7. The monoisotopic (exact) mass is 500 g/mol. The molecule has 1 fully saturated rings. The summed E-state index contributed by atoms with van der Waals surface area (Å²) in [5.74, 6) is -1.37. The first kappa shape index (κ1) is 21.9. The average Bonchev–Trinajstić information content (AvgIpc) is 3.29. The fraction of sp³-hybridized carbons (Fsp3) is 0.375. The molecule has 2 aliphatic heterocycles. The van der Waals surface area contributed by atoms with Gasteiger partial charge in [0.05, 0.1) is 12.1 Å². The summed E-state index contributed by atoms with van der Waals surface area (Å²) in [5.41, 5.74) is 0.815. The average molecular weight is 501 g/mol. The molecule has 4 heterocycles. The second-order valence-electron chi connectivity index (χ2n) is 6.61. The maximum Gasteiger partial charge on any atom is 0.352 e. The summed E-state index contributed by atoms with van der Waals surface area (Å²) in [4.78, 5) is 38.0. The van der Waals surface area contributed by atoms with Crippen LogP contribution in [-0.2, 0) is 20.8 Å². The Morgan fingerprint density at radius 3 is 2.81 bits per heavy atom. The predicted molar refractivity (Wildman–Crippen MR) is 114 cm³/mol. The van der Waals surface area contributed by atoms with Crippen molar-refractivity contribution in [1.29, 1.82) is 5.41 Å². The first-order valence-electron chi connectivity index (χ1n) is 8.81. The number of carbonyl (C=O) groups is 3. The number of carboxylic acids is 1. The van der Waals surface area contributed by atoms with Crippen LogP contribution in [0.4, 0.5) is 0 Å². The van der Waals surface area contributed by atoms with Crippen LogP contribution < -0.4 is 10.1 Å². The van der Waals surface area contributed by atoms with Gasteiger partial charge in [-0.05, 0) is 12.5 Å². The van der Waals surface area contributed by atoms with E-state index in [0.717, 1.165) is 20.7 Å². The Morgan fingerprint density at radius 1 is 1.42 bits per heavy atom. The number of hydrogen-bond acceptors (Lipinski definition) is 11. The standard InChI is InChI=1S/C16H16N6O5S4/c1-6-19-20-16(31-6)30-4-7-3-28-13-10(12(24)21(13)11(7)14(25)26)18-9(23)2-8-5-29-15(17)22(8)27/h5,10,13,17,27H,2-4H2,1H3,(H,18,23)(H,25,26). The van der Waals surface area contributed by atoms with Gasteiger partial charge in [0.25, 0.3) is 5.91 Å². The third kappa shape index (κ3) is 4.22. The molecule has 31 heavy (non-hydrogen) atoms. The molecule has 0 bridgehead atoms. The number of fused-ring (bicyclic) bond motifs is 1. The fourth-order valence-electron chi connectivity index (χ4n) is 3.14. The lowest BCUT2D eigenvalue weighted by Crippen LogP contribution is -2.70. The molecule has 0 spiro atoms. The minimum absolute atomic E-state index is 0.0436. The topological polar surface area (TPSA) is 161 Å². The molecule has 15 heteroatoms. The fourth-order valence-corrected chi connectivity index (χ4v) is 7.09. The second kappa shape index (κ2) is 8.64. The summed E-state index contributed by atoms with van der Waals surface area (Å²) in [6.07, 6.45) is -0.197. The van der Waals surface area contributed by atoms with Crippen LogP contribution in [0.3, 0.4) is 0 Å². The molecule has 2 atom stereocenters. The Kier molecular flexibility index (Phi) is 6.09. The molecular weight excluding hydrogens is 484 g/mol. The Labute approximate surface area is 191 Å². The van der Waals surface area contributed by atoms with Crippen LogP contribution in [-0.4, -0.2) is 70.8 Å². The lowest BCUT2D eigenvalue weighted by molar-refractivity contribution is -0.150. The number of aliphatic carboxylic acids is 1. The molecule has 0 aliphatic carbocycles. The number of aryl methyl sites for hydroxylation is 1. The van der Waals surface area contributed by atoms with Crippen molar-refractivity contribution in [2.75, 3.05) is 11.5 Å². The lowest BCUT2D eigenvalue weighted by Gasteiger charge is -2.49. The Morgan fingerprint density at radius 2 is 2.19 bits per heavy atom. The Bertz CT molecular complexity index is 1150. The zero-order valence-corrected chi connectivity index (χ0v) is 19.2. The van der Waals surface area contributed by atoms with Crippen LogP contribution >= 0.6 is 46.2 Å². The number of β-lactam (4-membered cyclic amide) rings is 1. The zero-order chi connectivity index (χ0) is 22.3. The van der Waals surface area contributed by atoms with Crippen LogP contribution in [0.25, 0.3) is 0 Å². The number of carbonyl (C=O) groups excluding carboxylic acids is 2. The van der Waals surface area contributed by atoms with Crippen molar-refractivity contribution < 1.29 is 24.7 Å². The highest BCUT2D eigenvalue weighted by molar-refractivity contribution is 8.01. The summed E-state index contributed by atoms with van der Waals surface area (Å²) < 4.78 is 1.34. The molecule has 2 aromatic rings. The molecule has 2 aliphatic rings. The van der Waals surface area contributed by atoms with E-state index in [1.165, 1.54) is 45.1 Å². The molecule has 0 radical (unpaired) electrons. The highest BCUT2D eigenvalue weighted by Gasteiger charge is 2.54. The van der Waals surface area contributed by atoms with Gasteiger partial charge in [-0.15, -0.1) is 33.3 Å². The van der Waals surface area contributed by atoms with Gasteiger partial charge in [-0.2, -0.15) is 4.73 Å². The number of amides is 2. The van der Waals surface area contributed by atoms with E-state index in [4.69, 9.17) is 5.41 Å². The van der Waals surface area contributed by atoms with Crippen LogP contribution in [0, 0.1) is 12.3 Å². The van der Waals surface area contributed by atoms with Gasteiger partial charge in [0.2, 0.25) is 10.7 Å². The number of hydrogen-bond donors (Lipinski definition) is 4. The molecule has 11 nitrogen and oxygen atoms in total.